The number of hydrogen-bond donors (Lipinski definition) is 2. The van der Waals surface area contributed by atoms with Crippen molar-refractivity contribution in [3.63, 3.8) is 0 Å². The number of aliphatic carboxylic acids is 1. The molecule has 1 aromatic carbocycles. The summed E-state index contributed by atoms with van der Waals surface area (Å²) in [5, 5.41) is 22.5. The van der Waals surface area contributed by atoms with Crippen LogP contribution >= 0.6 is 0 Å². The van der Waals surface area contributed by atoms with Gasteiger partial charge in [0, 0.05) is 6.04 Å². The molecule has 108 valence electrons. The van der Waals surface area contributed by atoms with Crippen LogP contribution in [-0.4, -0.2) is 43.2 Å². The Kier molecular flexibility index (Phi) is 3.35. The van der Waals surface area contributed by atoms with Gasteiger partial charge in [-0.05, 0) is 35.4 Å². The number of tetrazole rings is 1. The van der Waals surface area contributed by atoms with Gasteiger partial charge >= 0.3 is 5.97 Å². The van der Waals surface area contributed by atoms with E-state index >= 15 is 0 Å². The van der Waals surface area contributed by atoms with E-state index in [1.165, 1.54) is 11.0 Å². The van der Waals surface area contributed by atoms with Gasteiger partial charge in [0.2, 0.25) is 0 Å². The van der Waals surface area contributed by atoms with Gasteiger partial charge in [-0.3, -0.25) is 9.59 Å². The van der Waals surface area contributed by atoms with E-state index < -0.39 is 5.97 Å². The molecule has 8 nitrogen and oxygen atoms in total. The van der Waals surface area contributed by atoms with Crippen molar-refractivity contribution in [2.24, 2.45) is 5.92 Å². The van der Waals surface area contributed by atoms with E-state index in [1.54, 1.807) is 24.3 Å². The molecular formula is C13H13N5O3. The third-order valence-electron chi connectivity index (χ3n) is 3.57. The molecule has 21 heavy (non-hydrogen) atoms. The SMILES string of the molecule is O=C(NC1CC(C(=O)O)C1)c1ccccc1-n1cnnn1. The van der Waals surface area contributed by atoms with Crippen molar-refractivity contribution in [1.29, 1.82) is 0 Å². The number of rotatable bonds is 4. The molecule has 0 radical (unpaired) electrons. The van der Waals surface area contributed by atoms with Crippen molar-refractivity contribution in [1.82, 2.24) is 25.5 Å². The molecule has 1 aliphatic rings. The number of aromatic nitrogens is 4. The monoisotopic (exact) mass is 287 g/mol. The van der Waals surface area contributed by atoms with Crippen LogP contribution in [0, 0.1) is 5.92 Å². The van der Waals surface area contributed by atoms with Crippen molar-refractivity contribution < 1.29 is 14.7 Å². The van der Waals surface area contributed by atoms with E-state index in [2.05, 4.69) is 20.8 Å². The Morgan fingerprint density at radius 1 is 1.29 bits per heavy atom. The van der Waals surface area contributed by atoms with Crippen molar-refractivity contribution in [2.45, 2.75) is 18.9 Å². The molecule has 2 aromatic rings. The molecule has 8 heteroatoms. The lowest BCUT2D eigenvalue weighted by Gasteiger charge is -2.32. The van der Waals surface area contributed by atoms with Crippen molar-refractivity contribution in [3.8, 4) is 5.69 Å². The molecular weight excluding hydrogens is 274 g/mol. The van der Waals surface area contributed by atoms with Gasteiger partial charge in [-0.1, -0.05) is 12.1 Å². The summed E-state index contributed by atoms with van der Waals surface area (Å²) in [5.74, 6) is -1.42. The second-order valence-corrected chi connectivity index (χ2v) is 4.95. The molecule has 0 bridgehead atoms. The van der Waals surface area contributed by atoms with Gasteiger partial charge < -0.3 is 10.4 Å². The van der Waals surface area contributed by atoms with E-state index in [4.69, 9.17) is 5.11 Å². The summed E-state index contributed by atoms with van der Waals surface area (Å²) < 4.78 is 1.41. The summed E-state index contributed by atoms with van der Waals surface area (Å²) in [7, 11) is 0. The number of nitrogens with one attached hydrogen (secondary N) is 1. The van der Waals surface area contributed by atoms with Crippen LogP contribution in [-0.2, 0) is 4.79 Å². The summed E-state index contributed by atoms with van der Waals surface area (Å²) in [6, 6.07) is 6.87. The molecule has 1 aliphatic carbocycles. The summed E-state index contributed by atoms with van der Waals surface area (Å²) >= 11 is 0. The Hall–Kier alpha value is -2.77. The van der Waals surface area contributed by atoms with Crippen LogP contribution < -0.4 is 5.32 Å². The highest BCUT2D eigenvalue weighted by molar-refractivity contribution is 5.98. The lowest BCUT2D eigenvalue weighted by Crippen LogP contribution is -2.46. The van der Waals surface area contributed by atoms with Crippen LogP contribution in [0.3, 0.4) is 0 Å². The van der Waals surface area contributed by atoms with E-state index in [0.29, 0.717) is 24.1 Å². The molecule has 0 atom stereocenters. The van der Waals surface area contributed by atoms with Crippen molar-refractivity contribution >= 4 is 11.9 Å². The van der Waals surface area contributed by atoms with Crippen LogP contribution in [0.1, 0.15) is 23.2 Å². The number of carbonyl (C=O) groups excluding carboxylic acids is 1. The van der Waals surface area contributed by atoms with Crippen LogP contribution in [0.4, 0.5) is 0 Å². The zero-order valence-corrected chi connectivity index (χ0v) is 11.0. The average molecular weight is 287 g/mol. The number of amides is 1. The maximum absolute atomic E-state index is 12.3. The summed E-state index contributed by atoms with van der Waals surface area (Å²) in [4.78, 5) is 23.1. The maximum Gasteiger partial charge on any atom is 0.306 e. The van der Waals surface area contributed by atoms with Gasteiger partial charge in [-0.25, -0.2) is 0 Å². The van der Waals surface area contributed by atoms with E-state index in [9.17, 15) is 9.59 Å². The summed E-state index contributed by atoms with van der Waals surface area (Å²) in [5.41, 5.74) is 1.03. The van der Waals surface area contributed by atoms with E-state index in [-0.39, 0.29) is 17.9 Å². The quantitative estimate of drug-likeness (QED) is 0.834. The summed E-state index contributed by atoms with van der Waals surface area (Å²) in [6.45, 7) is 0. The predicted molar refractivity (Wildman–Crippen MR) is 70.8 cm³/mol. The molecule has 1 fully saturated rings. The third-order valence-corrected chi connectivity index (χ3v) is 3.57. The van der Waals surface area contributed by atoms with Crippen LogP contribution in [0.5, 0.6) is 0 Å². The molecule has 0 aliphatic heterocycles. The number of para-hydroxylation sites is 1. The summed E-state index contributed by atoms with van der Waals surface area (Å²) in [6.07, 6.45) is 2.35. The van der Waals surface area contributed by atoms with Crippen LogP contribution in [0.25, 0.3) is 5.69 Å². The number of carboxylic acids is 1. The first-order chi connectivity index (χ1) is 10.1. The number of carbonyl (C=O) groups is 2. The average Bonchev–Trinajstić information content (AvgIpc) is 2.95. The van der Waals surface area contributed by atoms with Crippen molar-refractivity contribution in [2.75, 3.05) is 0 Å². The Morgan fingerprint density at radius 3 is 2.71 bits per heavy atom. The first-order valence-electron chi connectivity index (χ1n) is 6.51. The molecule has 3 rings (SSSR count). The molecule has 0 unspecified atom stereocenters. The zero-order valence-electron chi connectivity index (χ0n) is 11.0. The Labute approximate surface area is 119 Å². The first-order valence-corrected chi connectivity index (χ1v) is 6.51. The minimum atomic E-state index is -0.811. The second kappa shape index (κ2) is 5.31. The molecule has 1 amide bonds. The Balaban J connectivity index is 1.73. The fourth-order valence-corrected chi connectivity index (χ4v) is 2.34. The van der Waals surface area contributed by atoms with Gasteiger partial charge in [0.1, 0.15) is 6.33 Å². The molecule has 2 N–H and O–H groups in total. The van der Waals surface area contributed by atoms with Gasteiger partial charge in [0.05, 0.1) is 17.2 Å². The number of nitrogens with zero attached hydrogens (tertiary/aromatic N) is 4. The van der Waals surface area contributed by atoms with E-state index in [0.717, 1.165) is 0 Å². The van der Waals surface area contributed by atoms with Crippen LogP contribution in [0.15, 0.2) is 30.6 Å². The third kappa shape index (κ3) is 2.60. The standard InChI is InChI=1S/C13H13N5O3/c19-12(15-9-5-8(6-9)13(20)21)10-3-1-2-4-11(10)18-7-14-16-17-18/h1-4,7-9H,5-6H2,(H,15,19)(H,20,21). The van der Waals surface area contributed by atoms with E-state index in [1.807, 2.05) is 0 Å². The maximum atomic E-state index is 12.3. The molecule has 0 saturated heterocycles. The smallest absolute Gasteiger partial charge is 0.306 e. The Morgan fingerprint density at radius 2 is 2.05 bits per heavy atom. The fraction of sp³-hybridized carbons (Fsp3) is 0.308. The highest BCUT2D eigenvalue weighted by Gasteiger charge is 2.35. The first kappa shape index (κ1) is 13.2. The highest BCUT2D eigenvalue weighted by atomic mass is 16.4. The minimum absolute atomic E-state index is 0.0967. The van der Waals surface area contributed by atoms with Gasteiger partial charge in [-0.15, -0.1) is 5.10 Å². The second-order valence-electron chi connectivity index (χ2n) is 4.95. The van der Waals surface area contributed by atoms with Gasteiger partial charge in [0.25, 0.3) is 5.91 Å². The lowest BCUT2D eigenvalue weighted by atomic mass is 9.80. The molecule has 1 heterocycles. The fourth-order valence-electron chi connectivity index (χ4n) is 2.34. The van der Waals surface area contributed by atoms with Gasteiger partial charge in [0.15, 0.2) is 0 Å². The number of benzene rings is 1. The minimum Gasteiger partial charge on any atom is -0.481 e. The topological polar surface area (TPSA) is 110 Å². The lowest BCUT2D eigenvalue weighted by molar-refractivity contribution is -0.145. The normalized spacial score (nSPS) is 20.6. The predicted octanol–water partition coefficient (Wildman–Crippen LogP) is 0.255. The van der Waals surface area contributed by atoms with Gasteiger partial charge in [-0.2, -0.15) is 4.68 Å². The van der Waals surface area contributed by atoms with Crippen LogP contribution in [0.2, 0.25) is 0 Å². The highest BCUT2D eigenvalue weighted by Crippen LogP contribution is 2.28. The van der Waals surface area contributed by atoms with Crippen molar-refractivity contribution in [3.05, 3.63) is 36.2 Å². The Bertz CT molecular complexity index is 664. The number of hydrogen-bond acceptors (Lipinski definition) is 5. The largest absolute Gasteiger partial charge is 0.481 e. The molecule has 1 aromatic heterocycles. The zero-order chi connectivity index (χ0) is 14.8. The molecule has 1 saturated carbocycles. The molecule has 0 spiro atoms. The number of carboxylic acid groups (broad SMARTS) is 1.